The summed E-state index contributed by atoms with van der Waals surface area (Å²) in [5.74, 6) is 0. The number of fused-ring (bicyclic) bond motifs is 3. The van der Waals surface area contributed by atoms with E-state index in [-0.39, 0.29) is 0 Å². The molecule has 0 amide bonds. The highest BCUT2D eigenvalue weighted by Crippen LogP contribution is 2.51. The van der Waals surface area contributed by atoms with Crippen molar-refractivity contribution in [3.63, 3.8) is 0 Å². The fourth-order valence-corrected chi connectivity index (χ4v) is 8.93. The summed E-state index contributed by atoms with van der Waals surface area (Å²) in [6, 6.07) is 67.6. The number of rotatable bonds is 6. The Morgan fingerprint density at radius 1 is 0.362 bits per heavy atom. The minimum atomic E-state index is -0.994. The van der Waals surface area contributed by atoms with Crippen molar-refractivity contribution in [2.75, 3.05) is 18.8 Å². The lowest BCUT2D eigenvalue weighted by atomic mass is 9.83. The standard InChI is InChI=1S/C52H42S.C3H8.C2H6/c1-35-25-27-47-48(29-35)51(42-23-14-22-40(31-42)39-21-13-20-38(30-39)36-15-7-5-8-16-36)46-28-26-44(53(2,3)4)34-50(46)52(47)49-33-43(37-17-9-6-10-18-37)32-41-19-11-12-24-45(41)49;1-3-2;1-2/h5-34H,1-4H3;3H2,1-2H3;1-2H3. The van der Waals surface area contributed by atoms with Crippen molar-refractivity contribution >= 4 is 42.3 Å². The zero-order valence-electron chi connectivity index (χ0n) is 35.4. The van der Waals surface area contributed by atoms with Crippen LogP contribution in [0.2, 0.25) is 0 Å². The van der Waals surface area contributed by atoms with Crippen LogP contribution in [0.25, 0.3) is 88.0 Å². The predicted molar refractivity (Wildman–Crippen MR) is 262 cm³/mol. The van der Waals surface area contributed by atoms with Crippen LogP contribution in [-0.4, -0.2) is 18.8 Å². The van der Waals surface area contributed by atoms with Crippen LogP contribution in [0.3, 0.4) is 0 Å². The van der Waals surface area contributed by atoms with Crippen LogP contribution in [0.15, 0.2) is 187 Å². The lowest BCUT2D eigenvalue weighted by molar-refractivity contribution is 1.09. The molecule has 0 aromatic heterocycles. The molecule has 0 radical (unpaired) electrons. The largest absolute Gasteiger partial charge is 0.223 e. The maximum absolute atomic E-state index is 2.51. The molecule has 0 aliphatic rings. The molecule has 0 nitrogen and oxygen atoms in total. The summed E-state index contributed by atoms with van der Waals surface area (Å²) in [7, 11) is -0.994. The summed E-state index contributed by atoms with van der Waals surface area (Å²) in [6.07, 6.45) is 8.45. The lowest BCUT2D eigenvalue weighted by Crippen LogP contribution is -1.97. The van der Waals surface area contributed by atoms with E-state index in [4.69, 9.17) is 0 Å². The molecule has 0 spiro atoms. The molecular weight excluding hydrogens is 717 g/mol. The summed E-state index contributed by atoms with van der Waals surface area (Å²) < 4.78 is 0. The first-order valence-corrected chi connectivity index (χ1v) is 23.6. The van der Waals surface area contributed by atoms with Crippen LogP contribution in [-0.2, 0) is 0 Å². The van der Waals surface area contributed by atoms with Gasteiger partial charge in [0.15, 0.2) is 0 Å². The first kappa shape index (κ1) is 40.3. The van der Waals surface area contributed by atoms with E-state index in [1.807, 2.05) is 13.8 Å². The normalized spacial score (nSPS) is 11.4. The lowest BCUT2D eigenvalue weighted by Gasteiger charge is -2.27. The van der Waals surface area contributed by atoms with Crippen LogP contribution in [0.1, 0.15) is 39.7 Å². The average Bonchev–Trinajstić information content (AvgIpc) is 3.26. The summed E-state index contributed by atoms with van der Waals surface area (Å²) in [6.45, 7) is 10.5. The second-order valence-electron chi connectivity index (χ2n) is 15.7. The highest BCUT2D eigenvalue weighted by Gasteiger charge is 2.21. The van der Waals surface area contributed by atoms with Gasteiger partial charge in [-0.3, -0.25) is 0 Å². The molecule has 0 aliphatic heterocycles. The Kier molecular flexibility index (Phi) is 12.3. The molecule has 0 fully saturated rings. The van der Waals surface area contributed by atoms with Gasteiger partial charge in [0.25, 0.3) is 0 Å². The molecule has 0 unspecified atom stereocenters. The molecule has 0 aliphatic carbocycles. The van der Waals surface area contributed by atoms with E-state index in [1.165, 1.54) is 105 Å². The zero-order valence-corrected chi connectivity index (χ0v) is 36.3. The SMILES string of the molecule is CC.CCC.Cc1ccc2c(-c3cc(-c4ccccc4)cc4ccccc34)c3cc(S(C)(C)C)ccc3c(-c3cccc(-c4cccc(-c5ccccc5)c4)c3)c2c1. The minimum Gasteiger partial charge on any atom is -0.223 e. The topological polar surface area (TPSA) is 0 Å². The Morgan fingerprint density at radius 2 is 0.845 bits per heavy atom. The van der Waals surface area contributed by atoms with Gasteiger partial charge in [0, 0.05) is 0 Å². The Balaban J connectivity index is 0.000000980. The molecule has 58 heavy (non-hydrogen) atoms. The summed E-state index contributed by atoms with van der Waals surface area (Å²) >= 11 is 0. The summed E-state index contributed by atoms with van der Waals surface area (Å²) in [4.78, 5) is 1.42. The van der Waals surface area contributed by atoms with Gasteiger partial charge in [-0.25, -0.2) is 10.0 Å². The van der Waals surface area contributed by atoms with Gasteiger partial charge in [0.2, 0.25) is 0 Å². The highest BCUT2D eigenvalue weighted by atomic mass is 32.3. The van der Waals surface area contributed by atoms with E-state index in [0.29, 0.717) is 0 Å². The first-order valence-electron chi connectivity index (χ1n) is 20.8. The van der Waals surface area contributed by atoms with Crippen molar-refractivity contribution in [3.05, 3.63) is 188 Å². The molecule has 9 aromatic rings. The quantitative estimate of drug-likeness (QED) is 0.148. The van der Waals surface area contributed by atoms with Crippen molar-refractivity contribution in [1.82, 2.24) is 0 Å². The Bertz CT molecular complexity index is 2820. The molecule has 290 valence electrons. The summed E-state index contributed by atoms with van der Waals surface area (Å²) in [5, 5.41) is 7.69. The molecule has 0 atom stereocenters. The zero-order chi connectivity index (χ0) is 40.8. The first-order chi connectivity index (χ1) is 28.2. The third-order valence-corrected chi connectivity index (χ3v) is 12.3. The van der Waals surface area contributed by atoms with Crippen LogP contribution in [0.5, 0.6) is 0 Å². The van der Waals surface area contributed by atoms with E-state index in [0.717, 1.165) is 0 Å². The Hall–Kier alpha value is -5.89. The molecule has 0 saturated carbocycles. The number of aryl methyl sites for hydroxylation is 1. The molecule has 0 bridgehead atoms. The van der Waals surface area contributed by atoms with Gasteiger partial charge in [-0.05, 0) is 155 Å². The predicted octanol–water partition coefficient (Wildman–Crippen LogP) is 17.3. The average molecular weight is 773 g/mol. The van der Waals surface area contributed by atoms with Gasteiger partial charge in [-0.1, -0.05) is 185 Å². The van der Waals surface area contributed by atoms with Crippen LogP contribution in [0.4, 0.5) is 0 Å². The second kappa shape index (κ2) is 17.7. The van der Waals surface area contributed by atoms with E-state index >= 15 is 0 Å². The smallest absolute Gasteiger partial charge is 0.00195 e. The van der Waals surface area contributed by atoms with Crippen molar-refractivity contribution in [3.8, 4) is 55.6 Å². The fraction of sp³-hybridized carbons (Fsp3) is 0.158. The Labute approximate surface area is 348 Å². The molecule has 9 aromatic carbocycles. The van der Waals surface area contributed by atoms with Gasteiger partial charge in [0.05, 0.1) is 0 Å². The van der Waals surface area contributed by atoms with E-state index in [2.05, 4.69) is 222 Å². The van der Waals surface area contributed by atoms with Gasteiger partial charge < -0.3 is 0 Å². The van der Waals surface area contributed by atoms with Crippen molar-refractivity contribution in [2.24, 2.45) is 0 Å². The van der Waals surface area contributed by atoms with Gasteiger partial charge in [-0.2, -0.15) is 0 Å². The number of hydrogen-bond acceptors (Lipinski definition) is 0. The molecule has 0 heterocycles. The molecular formula is C57H56S. The highest BCUT2D eigenvalue weighted by molar-refractivity contribution is 8.32. The monoisotopic (exact) mass is 772 g/mol. The molecule has 0 saturated heterocycles. The van der Waals surface area contributed by atoms with E-state index in [9.17, 15) is 0 Å². The third-order valence-electron chi connectivity index (χ3n) is 10.6. The van der Waals surface area contributed by atoms with Gasteiger partial charge in [0.1, 0.15) is 0 Å². The van der Waals surface area contributed by atoms with Gasteiger partial charge >= 0.3 is 0 Å². The molecule has 0 N–H and O–H groups in total. The van der Waals surface area contributed by atoms with Crippen molar-refractivity contribution < 1.29 is 0 Å². The van der Waals surface area contributed by atoms with Crippen LogP contribution < -0.4 is 0 Å². The van der Waals surface area contributed by atoms with Crippen LogP contribution >= 0.6 is 10.0 Å². The molecule has 9 rings (SSSR count). The number of hydrogen-bond donors (Lipinski definition) is 0. The van der Waals surface area contributed by atoms with E-state index in [1.54, 1.807) is 0 Å². The third kappa shape index (κ3) is 8.24. The van der Waals surface area contributed by atoms with Crippen molar-refractivity contribution in [2.45, 2.75) is 45.9 Å². The Morgan fingerprint density at radius 3 is 1.48 bits per heavy atom. The fourth-order valence-electron chi connectivity index (χ4n) is 7.98. The summed E-state index contributed by atoms with van der Waals surface area (Å²) in [5.41, 5.74) is 13.7. The number of benzene rings is 9. The van der Waals surface area contributed by atoms with E-state index < -0.39 is 10.0 Å². The van der Waals surface area contributed by atoms with Crippen molar-refractivity contribution in [1.29, 1.82) is 0 Å². The second-order valence-corrected chi connectivity index (χ2v) is 19.8. The maximum Gasteiger partial charge on any atom is -0.00195 e. The minimum absolute atomic E-state index is 0.994. The van der Waals surface area contributed by atoms with Gasteiger partial charge in [-0.15, -0.1) is 0 Å². The maximum atomic E-state index is 2.51. The molecule has 1 heteroatoms. The van der Waals surface area contributed by atoms with Crippen LogP contribution in [0, 0.1) is 6.92 Å².